The molecule has 1 aliphatic heterocycles. The molecule has 1 aliphatic rings. The summed E-state index contributed by atoms with van der Waals surface area (Å²) in [6, 6.07) is 17.6. The second kappa shape index (κ2) is 10.9. The smallest absolute Gasteiger partial charge is 0.324 e. The molecule has 5 rings (SSSR count). The van der Waals surface area contributed by atoms with Gasteiger partial charge in [-0.1, -0.05) is 47.5 Å². The maximum atomic E-state index is 12.9. The number of nitrogens with one attached hydrogen (secondary N) is 2. The predicted octanol–water partition coefficient (Wildman–Crippen LogP) is 5.69. The minimum Gasteiger partial charge on any atom is -0.391 e. The molecule has 2 aromatic carbocycles. The average Bonchev–Trinajstić information content (AvgIpc) is 3.63. The van der Waals surface area contributed by atoms with E-state index in [-0.39, 0.29) is 17.4 Å². The summed E-state index contributed by atoms with van der Waals surface area (Å²) < 4.78 is 1.63. The van der Waals surface area contributed by atoms with Gasteiger partial charge in [0.1, 0.15) is 11.5 Å². The zero-order chi connectivity index (χ0) is 25.9. The summed E-state index contributed by atoms with van der Waals surface area (Å²) in [5.41, 5.74) is 2.56. The van der Waals surface area contributed by atoms with E-state index in [1.54, 1.807) is 33.8 Å². The number of anilines is 2. The maximum Gasteiger partial charge on any atom is 0.324 e. The van der Waals surface area contributed by atoms with Crippen LogP contribution in [0.5, 0.6) is 0 Å². The van der Waals surface area contributed by atoms with Gasteiger partial charge in [0, 0.05) is 19.2 Å². The number of amides is 3. The zero-order valence-electron chi connectivity index (χ0n) is 19.5. The summed E-state index contributed by atoms with van der Waals surface area (Å²) in [6.45, 7) is 0.921. The lowest BCUT2D eigenvalue weighted by Gasteiger charge is -2.16. The maximum absolute atomic E-state index is 12.9. The molecule has 37 heavy (non-hydrogen) atoms. The summed E-state index contributed by atoms with van der Waals surface area (Å²) in [5, 5.41) is 22.6. The number of nitrogens with zero attached hydrogens (tertiary/aromatic N) is 3. The number of benzene rings is 2. The third-order valence-electron chi connectivity index (χ3n) is 5.95. The molecule has 3 amide bonds. The Morgan fingerprint density at radius 3 is 2.68 bits per heavy atom. The van der Waals surface area contributed by atoms with Gasteiger partial charge in [0.25, 0.3) is 0 Å². The fourth-order valence-corrected chi connectivity index (χ4v) is 5.16. The molecule has 8 nitrogen and oxygen atoms in total. The van der Waals surface area contributed by atoms with Gasteiger partial charge in [-0.05, 0) is 47.7 Å². The fourth-order valence-electron chi connectivity index (χ4n) is 4.13. The molecule has 0 saturated carbocycles. The van der Waals surface area contributed by atoms with Crippen molar-refractivity contribution in [3.8, 4) is 16.3 Å². The van der Waals surface area contributed by atoms with Crippen LogP contribution >= 0.6 is 34.5 Å². The standard InChI is InChI=1S/C26H23Cl2N5O3S/c27-19-6-2-7-20(25(19)28)29-26(36)30-23-14-21(22-8-3-11-37-22)31-33(23)17-5-1-4-16(12-17)13-24(35)32-10-9-18(34)15-32/h1-8,11-12,14,18,34H,9-10,13,15H2,(H2,29,30,36)/t18-/m0/s1. The molecular formula is C26H23Cl2N5O3S. The van der Waals surface area contributed by atoms with Crippen LogP contribution in [-0.2, 0) is 11.2 Å². The number of urea groups is 1. The monoisotopic (exact) mass is 555 g/mol. The van der Waals surface area contributed by atoms with E-state index in [1.807, 2.05) is 41.8 Å². The van der Waals surface area contributed by atoms with Gasteiger partial charge in [-0.3, -0.25) is 10.1 Å². The number of hydrogen-bond donors (Lipinski definition) is 3. The number of β-amino-alcohol motifs (C(OH)–C–C–N with tert-alkyl or cyclic N) is 1. The number of likely N-dealkylation sites (tertiary alicyclic amines) is 1. The van der Waals surface area contributed by atoms with Crippen LogP contribution < -0.4 is 10.6 Å². The number of carbonyl (C=O) groups is 2. The van der Waals surface area contributed by atoms with Crippen molar-refractivity contribution in [2.75, 3.05) is 23.7 Å². The third kappa shape index (κ3) is 5.80. The summed E-state index contributed by atoms with van der Waals surface area (Å²) in [5.74, 6) is 0.398. The Morgan fingerprint density at radius 2 is 1.92 bits per heavy atom. The van der Waals surface area contributed by atoms with Crippen LogP contribution in [0.25, 0.3) is 16.3 Å². The molecule has 3 heterocycles. The Kier molecular flexibility index (Phi) is 7.48. The van der Waals surface area contributed by atoms with Gasteiger partial charge >= 0.3 is 6.03 Å². The summed E-state index contributed by atoms with van der Waals surface area (Å²) in [7, 11) is 0. The van der Waals surface area contributed by atoms with Crippen LogP contribution in [-0.4, -0.2) is 50.9 Å². The normalized spacial score (nSPS) is 15.1. The molecule has 4 aromatic rings. The molecule has 0 unspecified atom stereocenters. The average molecular weight is 556 g/mol. The number of rotatable bonds is 6. The Bertz CT molecular complexity index is 1440. The van der Waals surface area contributed by atoms with Gasteiger partial charge in [-0.2, -0.15) is 5.10 Å². The Labute approximate surface area is 227 Å². The number of aromatic nitrogens is 2. The second-order valence-corrected chi connectivity index (χ2v) is 10.3. The number of hydrogen-bond acceptors (Lipinski definition) is 5. The van der Waals surface area contributed by atoms with E-state index in [9.17, 15) is 14.7 Å². The zero-order valence-corrected chi connectivity index (χ0v) is 21.9. The van der Waals surface area contributed by atoms with E-state index in [4.69, 9.17) is 28.3 Å². The first-order valence-corrected chi connectivity index (χ1v) is 13.2. The number of aliphatic hydroxyl groups excluding tert-OH is 1. The minimum absolute atomic E-state index is 0.0374. The van der Waals surface area contributed by atoms with Crippen molar-refractivity contribution < 1.29 is 14.7 Å². The first kappa shape index (κ1) is 25.3. The molecule has 0 aliphatic carbocycles. The predicted molar refractivity (Wildman–Crippen MR) is 147 cm³/mol. The molecule has 1 saturated heterocycles. The highest BCUT2D eigenvalue weighted by molar-refractivity contribution is 7.13. The van der Waals surface area contributed by atoms with Crippen LogP contribution in [0.1, 0.15) is 12.0 Å². The first-order chi connectivity index (χ1) is 17.9. The fraction of sp³-hybridized carbons (Fsp3) is 0.192. The van der Waals surface area contributed by atoms with Crippen LogP contribution in [0, 0.1) is 0 Å². The molecule has 0 bridgehead atoms. The topological polar surface area (TPSA) is 99.5 Å². The van der Waals surface area contributed by atoms with E-state index in [0.29, 0.717) is 47.4 Å². The van der Waals surface area contributed by atoms with E-state index in [2.05, 4.69) is 10.6 Å². The van der Waals surface area contributed by atoms with Crippen LogP contribution in [0.3, 0.4) is 0 Å². The lowest BCUT2D eigenvalue weighted by molar-refractivity contribution is -0.129. The number of halogens is 2. The van der Waals surface area contributed by atoms with Crippen molar-refractivity contribution in [3.63, 3.8) is 0 Å². The lowest BCUT2D eigenvalue weighted by Crippen LogP contribution is -2.30. The summed E-state index contributed by atoms with van der Waals surface area (Å²) in [6.07, 6.45) is 0.342. The highest BCUT2D eigenvalue weighted by Gasteiger charge is 2.24. The SMILES string of the molecule is O=C(Nc1cccc(Cl)c1Cl)Nc1cc(-c2cccs2)nn1-c1cccc(CC(=O)N2CC[C@H](O)C2)c1. The van der Waals surface area contributed by atoms with Crippen molar-refractivity contribution in [2.45, 2.75) is 18.9 Å². The van der Waals surface area contributed by atoms with Crippen molar-refractivity contribution in [1.82, 2.24) is 14.7 Å². The van der Waals surface area contributed by atoms with Gasteiger partial charge in [0.15, 0.2) is 0 Å². The largest absolute Gasteiger partial charge is 0.391 e. The van der Waals surface area contributed by atoms with Gasteiger partial charge in [0.2, 0.25) is 5.91 Å². The number of thiophene rings is 1. The second-order valence-electron chi connectivity index (χ2n) is 8.61. The summed E-state index contributed by atoms with van der Waals surface area (Å²) >= 11 is 13.8. The quantitative estimate of drug-likeness (QED) is 0.284. The van der Waals surface area contributed by atoms with Crippen molar-refractivity contribution in [2.24, 2.45) is 0 Å². The number of aliphatic hydroxyl groups is 1. The summed E-state index contributed by atoms with van der Waals surface area (Å²) in [4.78, 5) is 28.2. The van der Waals surface area contributed by atoms with Crippen molar-refractivity contribution >= 4 is 58.0 Å². The number of carbonyl (C=O) groups excluding carboxylic acids is 2. The van der Waals surface area contributed by atoms with E-state index < -0.39 is 12.1 Å². The van der Waals surface area contributed by atoms with Gasteiger partial charge in [-0.15, -0.1) is 11.3 Å². The van der Waals surface area contributed by atoms with Gasteiger partial charge in [-0.25, -0.2) is 9.48 Å². The van der Waals surface area contributed by atoms with Gasteiger partial charge < -0.3 is 15.3 Å². The Balaban J connectivity index is 1.41. The van der Waals surface area contributed by atoms with E-state index in [1.165, 1.54) is 11.3 Å². The van der Waals surface area contributed by atoms with Crippen LogP contribution in [0.2, 0.25) is 10.0 Å². The highest BCUT2D eigenvalue weighted by atomic mass is 35.5. The molecule has 3 N–H and O–H groups in total. The molecule has 1 atom stereocenters. The van der Waals surface area contributed by atoms with Crippen LogP contribution in [0.15, 0.2) is 66.0 Å². The Hall–Kier alpha value is -3.37. The molecule has 0 spiro atoms. The Morgan fingerprint density at radius 1 is 1.08 bits per heavy atom. The van der Waals surface area contributed by atoms with E-state index >= 15 is 0 Å². The van der Waals surface area contributed by atoms with E-state index in [0.717, 1.165) is 10.4 Å². The minimum atomic E-state index is -0.512. The van der Waals surface area contributed by atoms with Gasteiger partial charge in [0.05, 0.1) is 38.8 Å². The van der Waals surface area contributed by atoms with Crippen molar-refractivity contribution in [3.05, 3.63) is 81.7 Å². The third-order valence-corrected chi connectivity index (χ3v) is 7.66. The highest BCUT2D eigenvalue weighted by Crippen LogP contribution is 2.31. The van der Waals surface area contributed by atoms with Crippen molar-refractivity contribution in [1.29, 1.82) is 0 Å². The molecule has 0 radical (unpaired) electrons. The molecule has 11 heteroatoms. The molecule has 2 aromatic heterocycles. The molecule has 190 valence electrons. The molecular weight excluding hydrogens is 533 g/mol. The van der Waals surface area contributed by atoms with Crippen LogP contribution in [0.4, 0.5) is 16.3 Å². The lowest BCUT2D eigenvalue weighted by atomic mass is 10.1. The first-order valence-electron chi connectivity index (χ1n) is 11.6. The molecule has 1 fully saturated rings.